The van der Waals surface area contributed by atoms with Crippen molar-refractivity contribution in [2.45, 2.75) is 6.04 Å². The first-order valence-corrected chi connectivity index (χ1v) is 6.65. The Hall–Kier alpha value is -2.75. The highest BCUT2D eigenvalue weighted by molar-refractivity contribution is 5.47. The number of aromatic nitrogens is 2. The number of rotatable bonds is 4. The number of nitrogens with one attached hydrogen (secondary N) is 1. The molecule has 0 aliphatic carbocycles. The lowest BCUT2D eigenvalue weighted by Gasteiger charge is -2.20. The fourth-order valence-electron chi connectivity index (χ4n) is 2.19. The second-order valence-electron chi connectivity index (χ2n) is 4.65. The SMILES string of the molecule is Fc1ccc(C(Nc2cccnc2)c2ccncc2)cc1. The summed E-state index contributed by atoms with van der Waals surface area (Å²) in [7, 11) is 0. The van der Waals surface area contributed by atoms with E-state index in [4.69, 9.17) is 0 Å². The lowest BCUT2D eigenvalue weighted by Crippen LogP contribution is -2.12. The van der Waals surface area contributed by atoms with Crippen LogP contribution < -0.4 is 5.32 Å². The first-order valence-electron chi connectivity index (χ1n) is 6.65. The van der Waals surface area contributed by atoms with Crippen molar-refractivity contribution in [1.82, 2.24) is 9.97 Å². The van der Waals surface area contributed by atoms with Crippen molar-refractivity contribution in [2.24, 2.45) is 0 Å². The molecule has 3 rings (SSSR count). The number of pyridine rings is 2. The van der Waals surface area contributed by atoms with Crippen LogP contribution in [-0.4, -0.2) is 9.97 Å². The maximum atomic E-state index is 13.1. The molecule has 1 aromatic carbocycles. The Morgan fingerprint density at radius 1 is 0.810 bits per heavy atom. The summed E-state index contributed by atoms with van der Waals surface area (Å²) in [6.07, 6.45) is 6.98. The summed E-state index contributed by atoms with van der Waals surface area (Å²) >= 11 is 0. The Balaban J connectivity index is 1.97. The summed E-state index contributed by atoms with van der Waals surface area (Å²) in [6.45, 7) is 0. The summed E-state index contributed by atoms with van der Waals surface area (Å²) in [4.78, 5) is 8.15. The average molecular weight is 279 g/mol. The van der Waals surface area contributed by atoms with Crippen molar-refractivity contribution in [3.63, 3.8) is 0 Å². The van der Waals surface area contributed by atoms with E-state index < -0.39 is 0 Å². The van der Waals surface area contributed by atoms with Gasteiger partial charge >= 0.3 is 0 Å². The van der Waals surface area contributed by atoms with Crippen LogP contribution in [0.15, 0.2) is 73.3 Å². The number of hydrogen-bond acceptors (Lipinski definition) is 3. The molecule has 3 nitrogen and oxygen atoms in total. The molecule has 0 fully saturated rings. The number of anilines is 1. The summed E-state index contributed by atoms with van der Waals surface area (Å²) in [5, 5.41) is 3.42. The van der Waals surface area contributed by atoms with E-state index in [0.29, 0.717) is 0 Å². The highest BCUT2D eigenvalue weighted by atomic mass is 19.1. The van der Waals surface area contributed by atoms with Gasteiger partial charge in [0.2, 0.25) is 0 Å². The molecule has 0 aliphatic heterocycles. The van der Waals surface area contributed by atoms with Crippen LogP contribution >= 0.6 is 0 Å². The number of nitrogens with zero attached hydrogens (tertiary/aromatic N) is 2. The number of halogens is 1. The molecule has 2 aromatic heterocycles. The molecular weight excluding hydrogens is 265 g/mol. The van der Waals surface area contributed by atoms with Crippen molar-refractivity contribution < 1.29 is 4.39 Å². The van der Waals surface area contributed by atoms with Crippen molar-refractivity contribution in [2.75, 3.05) is 5.32 Å². The molecule has 1 atom stereocenters. The van der Waals surface area contributed by atoms with Gasteiger partial charge in [-0.2, -0.15) is 0 Å². The van der Waals surface area contributed by atoms with Gasteiger partial charge in [-0.05, 0) is 47.5 Å². The Kier molecular flexibility index (Phi) is 3.87. The van der Waals surface area contributed by atoms with Crippen LogP contribution in [0.25, 0.3) is 0 Å². The lowest BCUT2D eigenvalue weighted by atomic mass is 9.99. The molecule has 0 amide bonds. The molecule has 0 spiro atoms. The van der Waals surface area contributed by atoms with Gasteiger partial charge in [-0.15, -0.1) is 0 Å². The highest BCUT2D eigenvalue weighted by Crippen LogP contribution is 2.26. The van der Waals surface area contributed by atoms with Crippen molar-refractivity contribution in [3.05, 3.63) is 90.3 Å². The fourth-order valence-corrected chi connectivity index (χ4v) is 2.19. The molecule has 0 saturated carbocycles. The van der Waals surface area contributed by atoms with Crippen LogP contribution in [0.4, 0.5) is 10.1 Å². The summed E-state index contributed by atoms with van der Waals surface area (Å²) in [6, 6.07) is 14.1. The third kappa shape index (κ3) is 3.23. The minimum atomic E-state index is -0.242. The average Bonchev–Trinajstić information content (AvgIpc) is 2.55. The van der Waals surface area contributed by atoms with Gasteiger partial charge in [0, 0.05) is 24.8 Å². The molecule has 3 aromatic rings. The van der Waals surface area contributed by atoms with Crippen LogP contribution in [0, 0.1) is 5.82 Å². The maximum absolute atomic E-state index is 13.1. The van der Waals surface area contributed by atoms with Gasteiger partial charge in [-0.1, -0.05) is 12.1 Å². The summed E-state index contributed by atoms with van der Waals surface area (Å²) in [5.41, 5.74) is 2.94. The van der Waals surface area contributed by atoms with Crippen molar-refractivity contribution >= 4 is 5.69 Å². The maximum Gasteiger partial charge on any atom is 0.123 e. The minimum Gasteiger partial charge on any atom is -0.373 e. The Morgan fingerprint density at radius 3 is 2.19 bits per heavy atom. The third-order valence-corrected chi connectivity index (χ3v) is 3.22. The zero-order chi connectivity index (χ0) is 14.5. The summed E-state index contributed by atoms with van der Waals surface area (Å²) < 4.78 is 13.1. The van der Waals surface area contributed by atoms with E-state index in [1.54, 1.807) is 36.9 Å². The molecule has 4 heteroatoms. The topological polar surface area (TPSA) is 37.8 Å². The molecule has 0 saturated heterocycles. The molecule has 2 heterocycles. The normalized spacial score (nSPS) is 11.9. The monoisotopic (exact) mass is 279 g/mol. The molecule has 104 valence electrons. The minimum absolute atomic E-state index is 0.0854. The van der Waals surface area contributed by atoms with Gasteiger partial charge in [0.25, 0.3) is 0 Å². The molecule has 21 heavy (non-hydrogen) atoms. The van der Waals surface area contributed by atoms with Gasteiger partial charge in [-0.25, -0.2) is 4.39 Å². The van der Waals surface area contributed by atoms with E-state index >= 15 is 0 Å². The van der Waals surface area contributed by atoms with Gasteiger partial charge < -0.3 is 5.32 Å². The van der Waals surface area contributed by atoms with Gasteiger partial charge in [0.15, 0.2) is 0 Å². The van der Waals surface area contributed by atoms with Crippen LogP contribution in [0.3, 0.4) is 0 Å². The Labute approximate surface area is 122 Å². The first kappa shape index (κ1) is 13.2. The van der Waals surface area contributed by atoms with E-state index in [0.717, 1.165) is 16.8 Å². The zero-order valence-electron chi connectivity index (χ0n) is 11.3. The molecule has 0 radical (unpaired) electrons. The second kappa shape index (κ2) is 6.13. The predicted octanol–water partition coefficient (Wildman–Crippen LogP) is 3.82. The van der Waals surface area contributed by atoms with Gasteiger partial charge in [-0.3, -0.25) is 9.97 Å². The summed E-state index contributed by atoms with van der Waals surface area (Å²) in [5.74, 6) is -0.242. The third-order valence-electron chi connectivity index (χ3n) is 3.22. The molecular formula is C17H14FN3. The molecule has 0 bridgehead atoms. The van der Waals surface area contributed by atoms with Crippen LogP contribution in [0.2, 0.25) is 0 Å². The zero-order valence-corrected chi connectivity index (χ0v) is 11.3. The molecule has 1 unspecified atom stereocenters. The second-order valence-corrected chi connectivity index (χ2v) is 4.65. The van der Waals surface area contributed by atoms with Crippen molar-refractivity contribution in [1.29, 1.82) is 0 Å². The van der Waals surface area contributed by atoms with E-state index in [1.807, 2.05) is 24.3 Å². The van der Waals surface area contributed by atoms with E-state index in [2.05, 4.69) is 15.3 Å². The van der Waals surface area contributed by atoms with Crippen LogP contribution in [0.5, 0.6) is 0 Å². The lowest BCUT2D eigenvalue weighted by molar-refractivity contribution is 0.626. The van der Waals surface area contributed by atoms with E-state index in [1.165, 1.54) is 12.1 Å². The largest absolute Gasteiger partial charge is 0.373 e. The predicted molar refractivity (Wildman–Crippen MR) is 80.3 cm³/mol. The number of hydrogen-bond donors (Lipinski definition) is 1. The smallest absolute Gasteiger partial charge is 0.123 e. The van der Waals surface area contributed by atoms with E-state index in [-0.39, 0.29) is 11.9 Å². The van der Waals surface area contributed by atoms with Crippen molar-refractivity contribution in [3.8, 4) is 0 Å². The quantitative estimate of drug-likeness (QED) is 0.789. The molecule has 1 N–H and O–H groups in total. The van der Waals surface area contributed by atoms with Crippen LogP contribution in [-0.2, 0) is 0 Å². The standard InChI is InChI=1S/C17H14FN3/c18-15-5-3-13(4-6-15)17(14-7-10-19-11-8-14)21-16-2-1-9-20-12-16/h1-12,17,21H. The van der Waals surface area contributed by atoms with Crippen LogP contribution in [0.1, 0.15) is 17.2 Å². The fraction of sp³-hybridized carbons (Fsp3) is 0.0588. The number of benzene rings is 1. The Morgan fingerprint density at radius 2 is 1.52 bits per heavy atom. The first-order chi connectivity index (χ1) is 10.3. The highest BCUT2D eigenvalue weighted by Gasteiger charge is 2.14. The molecule has 0 aliphatic rings. The Bertz CT molecular complexity index is 684. The van der Waals surface area contributed by atoms with Gasteiger partial charge in [0.1, 0.15) is 5.82 Å². The van der Waals surface area contributed by atoms with Gasteiger partial charge in [0.05, 0.1) is 11.7 Å². The van der Waals surface area contributed by atoms with E-state index in [9.17, 15) is 4.39 Å².